The minimum absolute atomic E-state index is 0.0643. The number of benzene rings is 1. The highest BCUT2D eigenvalue weighted by Gasteiger charge is 2.40. The molecule has 2 aliphatic rings. The molecule has 1 N–H and O–H groups in total. The molecule has 1 saturated carbocycles. The van der Waals surface area contributed by atoms with E-state index in [2.05, 4.69) is 38.7 Å². The number of alkyl halides is 1. The lowest BCUT2D eigenvalue weighted by molar-refractivity contribution is 0.0125. The number of fused-ring (bicyclic) bond motifs is 2. The van der Waals surface area contributed by atoms with Crippen molar-refractivity contribution >= 4 is 44.3 Å². The number of rotatable bonds is 5. The van der Waals surface area contributed by atoms with Crippen molar-refractivity contribution in [1.29, 1.82) is 0 Å². The molecule has 2 atom stereocenters. The molecule has 0 spiro atoms. The van der Waals surface area contributed by atoms with E-state index < -0.39 is 23.8 Å². The third-order valence-electron chi connectivity index (χ3n) is 8.33. The zero-order chi connectivity index (χ0) is 29.2. The van der Waals surface area contributed by atoms with Crippen LogP contribution >= 0.6 is 15.9 Å². The second-order valence-corrected chi connectivity index (χ2v) is 13.4. The monoisotopic (exact) mass is 623 g/mol. The van der Waals surface area contributed by atoms with Crippen LogP contribution in [0.1, 0.15) is 56.0 Å². The Kier molecular flexibility index (Phi) is 6.87. The minimum Gasteiger partial charge on any atom is -0.465 e. The Hall–Kier alpha value is -3.40. The molecule has 10 heteroatoms. The smallest absolute Gasteiger partial charge is 0.408 e. The summed E-state index contributed by atoms with van der Waals surface area (Å²) in [6.07, 6.45) is 1.82. The van der Waals surface area contributed by atoms with Crippen LogP contribution in [0.3, 0.4) is 0 Å². The summed E-state index contributed by atoms with van der Waals surface area (Å²) < 4.78 is 20.0. The first kappa shape index (κ1) is 27.8. The molecule has 2 fully saturated rings. The number of pyridine rings is 1. The number of hydrogen-bond donors (Lipinski definition) is 1. The molecule has 1 aliphatic heterocycles. The van der Waals surface area contributed by atoms with Crippen LogP contribution in [0.25, 0.3) is 27.8 Å². The summed E-state index contributed by atoms with van der Waals surface area (Å²) in [6.45, 7) is 8.40. The molecular formula is C31H35BrFN5O3. The van der Waals surface area contributed by atoms with Crippen molar-refractivity contribution < 1.29 is 19.1 Å². The second-order valence-electron chi connectivity index (χ2n) is 12.5. The van der Waals surface area contributed by atoms with E-state index in [0.717, 1.165) is 38.9 Å². The van der Waals surface area contributed by atoms with E-state index >= 15 is 0 Å². The molecule has 1 saturated heterocycles. The van der Waals surface area contributed by atoms with Gasteiger partial charge in [-0.25, -0.2) is 13.7 Å². The average molecular weight is 625 g/mol. The van der Waals surface area contributed by atoms with Gasteiger partial charge in [0.1, 0.15) is 11.9 Å². The Morgan fingerprint density at radius 2 is 1.88 bits per heavy atom. The largest absolute Gasteiger partial charge is 0.465 e. The van der Waals surface area contributed by atoms with E-state index in [4.69, 9.17) is 5.10 Å². The van der Waals surface area contributed by atoms with Gasteiger partial charge < -0.3 is 14.6 Å². The third kappa shape index (κ3) is 5.22. The molecule has 0 radical (unpaired) electrons. The van der Waals surface area contributed by atoms with Crippen LogP contribution in [-0.2, 0) is 6.54 Å². The van der Waals surface area contributed by atoms with Gasteiger partial charge >= 0.3 is 6.09 Å². The molecule has 1 aliphatic carbocycles. The van der Waals surface area contributed by atoms with Gasteiger partial charge in [0.15, 0.2) is 0 Å². The molecule has 216 valence electrons. The first-order valence-electron chi connectivity index (χ1n) is 14.1. The molecule has 4 aromatic rings. The van der Waals surface area contributed by atoms with E-state index in [1.165, 1.54) is 28.2 Å². The molecule has 0 bridgehead atoms. The van der Waals surface area contributed by atoms with Crippen molar-refractivity contribution in [3.63, 3.8) is 0 Å². The summed E-state index contributed by atoms with van der Waals surface area (Å²) in [5.41, 5.74) is 4.67. The normalized spacial score (nSPS) is 19.7. The number of amides is 2. The SMILES string of the molecule is Cc1c(-c2cc3ccc(Br)cc3n2CC2CC2)nn2cc(C(=O)N3C[C@H](F)C[C@@H](N(C(=O)O)C(C)(C)C)C3)ccc12. The summed E-state index contributed by atoms with van der Waals surface area (Å²) in [5.74, 6) is 0.342. The quantitative estimate of drug-likeness (QED) is 0.266. The van der Waals surface area contributed by atoms with Crippen LogP contribution in [0.2, 0.25) is 0 Å². The first-order chi connectivity index (χ1) is 19.4. The summed E-state index contributed by atoms with van der Waals surface area (Å²) in [6, 6.07) is 11.5. The molecule has 8 nitrogen and oxygen atoms in total. The van der Waals surface area contributed by atoms with Crippen molar-refractivity contribution in [1.82, 2.24) is 24.0 Å². The Balaban J connectivity index is 1.34. The fraction of sp³-hybridized carbons (Fsp3) is 0.452. The van der Waals surface area contributed by atoms with Crippen LogP contribution in [0.15, 0.2) is 47.1 Å². The van der Waals surface area contributed by atoms with Gasteiger partial charge in [-0.05, 0) is 76.8 Å². The first-order valence-corrected chi connectivity index (χ1v) is 14.9. The number of halogens is 2. The van der Waals surface area contributed by atoms with Gasteiger partial charge in [-0.2, -0.15) is 5.10 Å². The van der Waals surface area contributed by atoms with Gasteiger partial charge in [-0.3, -0.25) is 9.69 Å². The minimum atomic E-state index is -1.31. The Labute approximate surface area is 246 Å². The maximum Gasteiger partial charge on any atom is 0.408 e. The van der Waals surface area contributed by atoms with Crippen molar-refractivity contribution in [3.8, 4) is 11.4 Å². The zero-order valence-electron chi connectivity index (χ0n) is 23.8. The van der Waals surface area contributed by atoms with Gasteiger partial charge in [0.2, 0.25) is 0 Å². The lowest BCUT2D eigenvalue weighted by Gasteiger charge is -2.45. The van der Waals surface area contributed by atoms with Crippen LogP contribution < -0.4 is 0 Å². The number of carbonyl (C=O) groups is 2. The number of nitrogens with zero attached hydrogens (tertiary/aromatic N) is 5. The van der Waals surface area contributed by atoms with Crippen molar-refractivity contribution in [3.05, 3.63) is 58.2 Å². The third-order valence-corrected chi connectivity index (χ3v) is 8.82. The fourth-order valence-electron chi connectivity index (χ4n) is 6.26. The van der Waals surface area contributed by atoms with E-state index in [0.29, 0.717) is 11.5 Å². The van der Waals surface area contributed by atoms with Crippen LogP contribution in [0, 0.1) is 12.8 Å². The van der Waals surface area contributed by atoms with Gasteiger partial charge in [-0.15, -0.1) is 0 Å². The fourth-order valence-corrected chi connectivity index (χ4v) is 6.61. The standard InChI is InChI=1S/C31H35BrFN5O3/c1-18-25-10-8-21(29(39)35-16-23(33)13-24(17-35)38(30(40)41)31(2,3)4)15-37(25)34-28(18)27-11-20-7-9-22(32)12-26(20)36(27)14-19-5-6-19/h7-12,15,19,23-24H,5-6,13-14,16-17H2,1-4H3,(H,40,41)/t23-,24-/m1/s1. The summed E-state index contributed by atoms with van der Waals surface area (Å²) in [7, 11) is 0. The lowest BCUT2D eigenvalue weighted by Crippen LogP contribution is -2.59. The predicted octanol–water partition coefficient (Wildman–Crippen LogP) is 6.77. The van der Waals surface area contributed by atoms with Gasteiger partial charge in [-0.1, -0.05) is 22.0 Å². The molecule has 3 aromatic heterocycles. The van der Waals surface area contributed by atoms with Gasteiger partial charge in [0.05, 0.1) is 29.4 Å². The van der Waals surface area contributed by atoms with Crippen LogP contribution in [-0.4, -0.2) is 71.9 Å². The number of carboxylic acid groups (broad SMARTS) is 1. The Morgan fingerprint density at radius 3 is 2.56 bits per heavy atom. The summed E-state index contributed by atoms with van der Waals surface area (Å²) in [4.78, 5) is 28.4. The molecule has 41 heavy (non-hydrogen) atoms. The molecular weight excluding hydrogens is 589 g/mol. The van der Waals surface area contributed by atoms with Gasteiger partial charge in [0.25, 0.3) is 5.91 Å². The number of hydrogen-bond acceptors (Lipinski definition) is 3. The number of piperidine rings is 1. The Bertz CT molecular complexity index is 1670. The van der Waals surface area contributed by atoms with Gasteiger partial charge in [0, 0.05) is 52.2 Å². The Morgan fingerprint density at radius 1 is 1.12 bits per heavy atom. The zero-order valence-corrected chi connectivity index (χ0v) is 25.4. The predicted molar refractivity (Wildman–Crippen MR) is 160 cm³/mol. The summed E-state index contributed by atoms with van der Waals surface area (Å²) >= 11 is 3.62. The van der Waals surface area contributed by atoms with E-state index in [1.54, 1.807) is 37.5 Å². The van der Waals surface area contributed by atoms with Crippen molar-refractivity contribution in [2.24, 2.45) is 5.92 Å². The van der Waals surface area contributed by atoms with Crippen molar-refractivity contribution in [2.75, 3.05) is 13.1 Å². The molecule has 4 heterocycles. The molecule has 2 amide bonds. The number of aromatic nitrogens is 3. The van der Waals surface area contributed by atoms with Crippen molar-refractivity contribution in [2.45, 2.75) is 71.3 Å². The summed E-state index contributed by atoms with van der Waals surface area (Å²) in [5, 5.41) is 15.9. The highest BCUT2D eigenvalue weighted by molar-refractivity contribution is 9.10. The molecule has 1 aromatic carbocycles. The highest BCUT2D eigenvalue weighted by Crippen LogP contribution is 2.38. The number of aryl methyl sites for hydroxylation is 1. The van der Waals surface area contributed by atoms with E-state index in [1.807, 2.05) is 19.1 Å². The number of likely N-dealkylation sites (tertiary alicyclic amines) is 1. The topological polar surface area (TPSA) is 83.1 Å². The highest BCUT2D eigenvalue weighted by atomic mass is 79.9. The maximum absolute atomic E-state index is 14.9. The second kappa shape index (κ2) is 10.2. The van der Waals surface area contributed by atoms with Crippen LogP contribution in [0.4, 0.5) is 9.18 Å². The van der Waals surface area contributed by atoms with E-state index in [-0.39, 0.29) is 25.4 Å². The average Bonchev–Trinajstić information content (AvgIpc) is 3.57. The van der Waals surface area contributed by atoms with E-state index in [9.17, 15) is 19.1 Å². The van der Waals surface area contributed by atoms with Crippen LogP contribution in [0.5, 0.6) is 0 Å². The lowest BCUT2D eigenvalue weighted by atomic mass is 9.96. The number of carbonyl (C=O) groups excluding carboxylic acids is 1. The molecule has 0 unspecified atom stereocenters. The molecule has 6 rings (SSSR count). The maximum atomic E-state index is 14.9.